The van der Waals surface area contributed by atoms with Gasteiger partial charge in [0.1, 0.15) is 5.75 Å². The summed E-state index contributed by atoms with van der Waals surface area (Å²) >= 11 is 9.45. The summed E-state index contributed by atoms with van der Waals surface area (Å²) in [6.07, 6.45) is 0.695. The highest BCUT2D eigenvalue weighted by Gasteiger charge is 2.37. The highest BCUT2D eigenvalue weighted by molar-refractivity contribution is 9.10. The second kappa shape index (κ2) is 5.87. The van der Waals surface area contributed by atoms with Crippen LogP contribution in [0.1, 0.15) is 12.0 Å². The predicted molar refractivity (Wildman–Crippen MR) is 88.1 cm³/mol. The Balaban J connectivity index is 2.00. The standard InChI is InChI=1S/C16H15BrClNO2/c17-13-9-11(5-6-14(13)18)19-16(10-20)7-8-21-15-4-2-1-3-12(15)16/h1-6,9,19-20H,7-8,10H2. The normalized spacial score (nSPS) is 20.5. The SMILES string of the molecule is OCC1(Nc2ccc(Cl)c(Br)c2)CCOc2ccccc21. The highest BCUT2D eigenvalue weighted by atomic mass is 79.9. The quantitative estimate of drug-likeness (QED) is 0.854. The number of aliphatic hydroxyl groups excluding tert-OH is 1. The molecule has 1 aliphatic rings. The average molecular weight is 369 g/mol. The van der Waals surface area contributed by atoms with Crippen molar-refractivity contribution in [1.29, 1.82) is 0 Å². The number of aliphatic hydroxyl groups is 1. The lowest BCUT2D eigenvalue weighted by Gasteiger charge is -2.39. The van der Waals surface area contributed by atoms with E-state index < -0.39 is 5.54 Å². The zero-order valence-electron chi connectivity index (χ0n) is 11.3. The summed E-state index contributed by atoms with van der Waals surface area (Å²) in [5.41, 5.74) is 1.34. The Hall–Kier alpha value is -1.23. The highest BCUT2D eigenvalue weighted by Crippen LogP contribution is 2.39. The summed E-state index contributed by atoms with van der Waals surface area (Å²) in [5.74, 6) is 0.818. The predicted octanol–water partition coefficient (Wildman–Crippen LogP) is 4.18. The Morgan fingerprint density at radius 1 is 1.29 bits per heavy atom. The molecule has 3 nitrogen and oxygen atoms in total. The van der Waals surface area contributed by atoms with Gasteiger partial charge in [-0.25, -0.2) is 0 Å². The summed E-state index contributed by atoms with van der Waals surface area (Å²) in [5, 5.41) is 14.1. The lowest BCUT2D eigenvalue weighted by atomic mass is 9.85. The van der Waals surface area contributed by atoms with Gasteiger partial charge in [0.15, 0.2) is 0 Å². The molecule has 0 bridgehead atoms. The minimum Gasteiger partial charge on any atom is -0.493 e. The van der Waals surface area contributed by atoms with Gasteiger partial charge in [0.2, 0.25) is 0 Å². The van der Waals surface area contributed by atoms with Crippen LogP contribution in [0.25, 0.3) is 0 Å². The van der Waals surface area contributed by atoms with E-state index in [1.807, 2.05) is 42.5 Å². The zero-order chi connectivity index (χ0) is 14.9. The number of anilines is 1. The molecular formula is C16H15BrClNO2. The molecule has 110 valence electrons. The van der Waals surface area contributed by atoms with Crippen molar-refractivity contribution in [2.75, 3.05) is 18.5 Å². The summed E-state index contributed by atoms with van der Waals surface area (Å²) in [7, 11) is 0. The third-order valence-corrected chi connectivity index (χ3v) is 4.98. The molecule has 0 fully saturated rings. The van der Waals surface area contributed by atoms with Gasteiger partial charge >= 0.3 is 0 Å². The number of hydrogen-bond donors (Lipinski definition) is 2. The maximum absolute atomic E-state index is 10.0. The molecule has 0 aliphatic carbocycles. The fourth-order valence-corrected chi connectivity index (χ4v) is 3.14. The van der Waals surface area contributed by atoms with E-state index in [2.05, 4.69) is 21.2 Å². The maximum atomic E-state index is 10.0. The molecule has 5 heteroatoms. The number of rotatable bonds is 3. The summed E-state index contributed by atoms with van der Waals surface area (Å²) < 4.78 is 6.50. The summed E-state index contributed by atoms with van der Waals surface area (Å²) in [4.78, 5) is 0. The number of para-hydroxylation sites is 1. The number of ether oxygens (including phenoxy) is 1. The van der Waals surface area contributed by atoms with Gasteiger partial charge in [0, 0.05) is 22.1 Å². The molecule has 2 N–H and O–H groups in total. The summed E-state index contributed by atoms with van der Waals surface area (Å²) in [6, 6.07) is 13.5. The molecule has 0 spiro atoms. The van der Waals surface area contributed by atoms with E-state index in [1.54, 1.807) is 0 Å². The Morgan fingerprint density at radius 2 is 2.10 bits per heavy atom. The van der Waals surface area contributed by atoms with Gasteiger partial charge in [-0.1, -0.05) is 29.8 Å². The van der Waals surface area contributed by atoms with Gasteiger partial charge in [-0.2, -0.15) is 0 Å². The van der Waals surface area contributed by atoms with Gasteiger partial charge in [-0.05, 0) is 40.2 Å². The molecule has 21 heavy (non-hydrogen) atoms. The molecule has 0 radical (unpaired) electrons. The van der Waals surface area contributed by atoms with Crippen LogP contribution in [0, 0.1) is 0 Å². The lowest BCUT2D eigenvalue weighted by Crippen LogP contribution is -2.43. The van der Waals surface area contributed by atoms with Crippen LogP contribution in [0.15, 0.2) is 46.9 Å². The molecule has 0 saturated carbocycles. The van der Waals surface area contributed by atoms with E-state index in [-0.39, 0.29) is 6.61 Å². The van der Waals surface area contributed by atoms with Crippen molar-refractivity contribution in [1.82, 2.24) is 0 Å². The van der Waals surface area contributed by atoms with Crippen molar-refractivity contribution in [2.45, 2.75) is 12.0 Å². The third kappa shape index (κ3) is 2.76. The van der Waals surface area contributed by atoms with Gasteiger partial charge in [-0.15, -0.1) is 0 Å². The first-order chi connectivity index (χ1) is 10.1. The average Bonchev–Trinajstić information content (AvgIpc) is 2.51. The van der Waals surface area contributed by atoms with Crippen LogP contribution in [0.3, 0.4) is 0 Å². The monoisotopic (exact) mass is 367 g/mol. The number of halogens is 2. The largest absolute Gasteiger partial charge is 0.493 e. The van der Waals surface area contributed by atoms with Crippen molar-refractivity contribution in [3.8, 4) is 5.75 Å². The van der Waals surface area contributed by atoms with E-state index >= 15 is 0 Å². The smallest absolute Gasteiger partial charge is 0.124 e. The molecule has 1 heterocycles. The van der Waals surface area contributed by atoms with Crippen molar-refractivity contribution < 1.29 is 9.84 Å². The van der Waals surface area contributed by atoms with Crippen molar-refractivity contribution in [3.05, 3.63) is 57.5 Å². The third-order valence-electron chi connectivity index (χ3n) is 3.76. The first-order valence-electron chi connectivity index (χ1n) is 6.71. The molecule has 2 aromatic rings. The number of nitrogens with one attached hydrogen (secondary N) is 1. The molecule has 1 unspecified atom stereocenters. The van der Waals surface area contributed by atoms with Gasteiger partial charge in [0.05, 0.1) is 23.8 Å². The Kier molecular flexibility index (Phi) is 4.11. The van der Waals surface area contributed by atoms with E-state index in [9.17, 15) is 5.11 Å². The second-order valence-corrected chi connectivity index (χ2v) is 6.35. The topological polar surface area (TPSA) is 41.5 Å². The Morgan fingerprint density at radius 3 is 2.86 bits per heavy atom. The van der Waals surface area contributed by atoms with Crippen molar-refractivity contribution >= 4 is 33.2 Å². The van der Waals surface area contributed by atoms with Crippen LogP contribution in [0.4, 0.5) is 5.69 Å². The van der Waals surface area contributed by atoms with Crippen LogP contribution in [0.5, 0.6) is 5.75 Å². The van der Waals surface area contributed by atoms with E-state index in [4.69, 9.17) is 16.3 Å². The van der Waals surface area contributed by atoms with Crippen LogP contribution in [0.2, 0.25) is 5.02 Å². The van der Waals surface area contributed by atoms with Crippen molar-refractivity contribution in [3.63, 3.8) is 0 Å². The van der Waals surface area contributed by atoms with Crippen LogP contribution in [-0.4, -0.2) is 18.3 Å². The molecule has 0 amide bonds. The minimum absolute atomic E-state index is 0.00633. The molecule has 2 aromatic carbocycles. The number of hydrogen-bond acceptors (Lipinski definition) is 3. The first-order valence-corrected chi connectivity index (χ1v) is 7.88. The minimum atomic E-state index is -0.540. The van der Waals surface area contributed by atoms with E-state index in [1.165, 1.54) is 0 Å². The van der Waals surface area contributed by atoms with Crippen LogP contribution >= 0.6 is 27.5 Å². The zero-order valence-corrected chi connectivity index (χ0v) is 13.6. The Labute approximate surface area is 137 Å². The summed E-state index contributed by atoms with van der Waals surface area (Å²) in [6.45, 7) is 0.562. The first kappa shape index (κ1) is 14.7. The number of benzene rings is 2. The number of fused-ring (bicyclic) bond motifs is 1. The molecular weight excluding hydrogens is 354 g/mol. The maximum Gasteiger partial charge on any atom is 0.124 e. The van der Waals surface area contributed by atoms with Crippen LogP contribution < -0.4 is 10.1 Å². The lowest BCUT2D eigenvalue weighted by molar-refractivity contribution is 0.152. The van der Waals surface area contributed by atoms with Crippen molar-refractivity contribution in [2.24, 2.45) is 0 Å². The molecule has 1 atom stereocenters. The second-order valence-electron chi connectivity index (χ2n) is 5.09. The Bertz CT molecular complexity index is 664. The molecule has 0 saturated heterocycles. The van der Waals surface area contributed by atoms with Gasteiger partial charge < -0.3 is 15.2 Å². The van der Waals surface area contributed by atoms with E-state index in [0.717, 1.165) is 21.5 Å². The fraction of sp³-hybridized carbons (Fsp3) is 0.250. The van der Waals surface area contributed by atoms with Crippen LogP contribution in [-0.2, 0) is 5.54 Å². The fourth-order valence-electron chi connectivity index (χ4n) is 2.64. The van der Waals surface area contributed by atoms with Gasteiger partial charge in [-0.3, -0.25) is 0 Å². The van der Waals surface area contributed by atoms with Gasteiger partial charge in [0.25, 0.3) is 0 Å². The molecule has 0 aromatic heterocycles. The molecule has 3 rings (SSSR count). The molecule has 1 aliphatic heterocycles. The van der Waals surface area contributed by atoms with E-state index in [0.29, 0.717) is 18.1 Å².